The maximum Gasteiger partial charge on any atom is 0.261 e. The third kappa shape index (κ3) is 3.55. The van der Waals surface area contributed by atoms with Gasteiger partial charge in [0.1, 0.15) is 0 Å². The van der Waals surface area contributed by atoms with E-state index in [9.17, 15) is 9.59 Å². The van der Waals surface area contributed by atoms with Gasteiger partial charge in [-0.15, -0.1) is 0 Å². The van der Waals surface area contributed by atoms with Crippen LogP contribution in [0.1, 0.15) is 37.3 Å². The van der Waals surface area contributed by atoms with Crippen molar-refractivity contribution in [1.82, 2.24) is 14.5 Å². The second kappa shape index (κ2) is 8.27. The van der Waals surface area contributed by atoms with Crippen molar-refractivity contribution in [2.24, 2.45) is 0 Å². The maximum absolute atomic E-state index is 13.9. The second-order valence-corrected chi connectivity index (χ2v) is 8.58. The van der Waals surface area contributed by atoms with E-state index < -0.39 is 5.41 Å². The van der Waals surface area contributed by atoms with E-state index in [0.29, 0.717) is 43.5 Å². The summed E-state index contributed by atoms with van der Waals surface area (Å²) < 4.78 is 7.33. The van der Waals surface area contributed by atoms with Crippen LogP contribution in [-0.4, -0.2) is 46.7 Å². The number of aromatic nitrogens is 2. The number of hydrogen-bond donors (Lipinski definition) is 0. The van der Waals surface area contributed by atoms with Gasteiger partial charge in [-0.3, -0.25) is 14.2 Å². The standard InChI is InChI=1S/C25H27N3O3/c29-23-21-10-4-5-11-22(21)26-18-28(23)20-9-6-14-27(17-20)24(30)25(12-15-31-16-13-25)19-7-2-1-3-8-19/h1-5,7-8,10-11,18,20H,6,9,12-17H2/t20-/m0/s1. The molecule has 2 aliphatic rings. The first kappa shape index (κ1) is 19.9. The number of carbonyl (C=O) groups is 1. The molecule has 0 aliphatic carbocycles. The van der Waals surface area contributed by atoms with Crippen LogP contribution in [0.15, 0.2) is 65.7 Å². The van der Waals surface area contributed by atoms with Crippen LogP contribution in [0.3, 0.4) is 0 Å². The number of nitrogens with zero attached hydrogens (tertiary/aromatic N) is 3. The molecule has 2 fully saturated rings. The van der Waals surface area contributed by atoms with E-state index in [1.54, 1.807) is 10.9 Å². The van der Waals surface area contributed by atoms with Crippen molar-refractivity contribution >= 4 is 16.8 Å². The topological polar surface area (TPSA) is 64.4 Å². The molecule has 1 amide bonds. The summed E-state index contributed by atoms with van der Waals surface area (Å²) in [5.41, 5.74) is 1.19. The SMILES string of the molecule is O=C(N1CCC[C@H](n2cnc3ccccc3c2=O)C1)C1(c2ccccc2)CCOCC1. The molecule has 6 nitrogen and oxygen atoms in total. The van der Waals surface area contributed by atoms with E-state index in [1.807, 2.05) is 47.4 Å². The molecule has 6 heteroatoms. The number of benzene rings is 2. The minimum atomic E-state index is -0.548. The molecule has 31 heavy (non-hydrogen) atoms. The number of para-hydroxylation sites is 1. The highest BCUT2D eigenvalue weighted by molar-refractivity contribution is 5.88. The number of ether oxygens (including phenoxy) is 1. The van der Waals surface area contributed by atoms with Gasteiger partial charge in [0.15, 0.2) is 0 Å². The molecular weight excluding hydrogens is 390 g/mol. The van der Waals surface area contributed by atoms with E-state index in [4.69, 9.17) is 4.74 Å². The summed E-state index contributed by atoms with van der Waals surface area (Å²) in [4.78, 5) is 33.5. The van der Waals surface area contributed by atoms with Crippen LogP contribution in [-0.2, 0) is 14.9 Å². The summed E-state index contributed by atoms with van der Waals surface area (Å²) in [6.45, 7) is 2.44. The van der Waals surface area contributed by atoms with Crippen molar-refractivity contribution in [3.05, 3.63) is 76.8 Å². The third-order valence-corrected chi connectivity index (χ3v) is 6.85. The Morgan fingerprint density at radius 1 is 1.03 bits per heavy atom. The zero-order valence-electron chi connectivity index (χ0n) is 17.6. The molecule has 2 aliphatic heterocycles. The van der Waals surface area contributed by atoms with Gasteiger partial charge < -0.3 is 9.64 Å². The predicted molar refractivity (Wildman–Crippen MR) is 119 cm³/mol. The van der Waals surface area contributed by atoms with Crippen molar-refractivity contribution in [2.45, 2.75) is 37.1 Å². The van der Waals surface area contributed by atoms with Gasteiger partial charge in [0, 0.05) is 26.3 Å². The fourth-order valence-corrected chi connectivity index (χ4v) is 5.12. The van der Waals surface area contributed by atoms with Gasteiger partial charge in [-0.1, -0.05) is 42.5 Å². The van der Waals surface area contributed by atoms with E-state index in [1.165, 1.54) is 0 Å². The van der Waals surface area contributed by atoms with Gasteiger partial charge in [0.25, 0.3) is 5.56 Å². The zero-order valence-corrected chi connectivity index (χ0v) is 17.6. The maximum atomic E-state index is 13.9. The summed E-state index contributed by atoms with van der Waals surface area (Å²) in [6, 6.07) is 17.5. The zero-order chi connectivity index (χ0) is 21.3. The molecule has 0 radical (unpaired) electrons. The van der Waals surface area contributed by atoms with Crippen LogP contribution in [0.2, 0.25) is 0 Å². The Kier molecular flexibility index (Phi) is 5.32. The molecule has 0 bridgehead atoms. The largest absolute Gasteiger partial charge is 0.381 e. The van der Waals surface area contributed by atoms with Crippen molar-refractivity contribution in [1.29, 1.82) is 0 Å². The van der Waals surface area contributed by atoms with Crippen molar-refractivity contribution in [3.8, 4) is 0 Å². The molecular formula is C25H27N3O3. The van der Waals surface area contributed by atoms with Gasteiger partial charge >= 0.3 is 0 Å². The molecule has 0 N–H and O–H groups in total. The first-order chi connectivity index (χ1) is 15.2. The molecule has 1 atom stereocenters. The number of rotatable bonds is 3. The number of piperidine rings is 1. The van der Waals surface area contributed by atoms with Gasteiger partial charge in [-0.2, -0.15) is 0 Å². The van der Waals surface area contributed by atoms with Gasteiger partial charge in [-0.25, -0.2) is 4.98 Å². The van der Waals surface area contributed by atoms with E-state index in [-0.39, 0.29) is 17.5 Å². The lowest BCUT2D eigenvalue weighted by Crippen LogP contribution is -2.53. The molecule has 0 saturated carbocycles. The quantitative estimate of drug-likeness (QED) is 0.656. The highest BCUT2D eigenvalue weighted by atomic mass is 16.5. The lowest BCUT2D eigenvalue weighted by atomic mass is 9.72. The van der Waals surface area contributed by atoms with Gasteiger partial charge in [0.05, 0.1) is 28.7 Å². The Morgan fingerprint density at radius 2 is 1.77 bits per heavy atom. The number of carbonyl (C=O) groups excluding carboxylic acids is 1. The number of likely N-dealkylation sites (tertiary alicyclic amines) is 1. The smallest absolute Gasteiger partial charge is 0.261 e. The first-order valence-corrected chi connectivity index (χ1v) is 11.1. The monoisotopic (exact) mass is 417 g/mol. The lowest BCUT2D eigenvalue weighted by molar-refractivity contribution is -0.143. The third-order valence-electron chi connectivity index (χ3n) is 6.85. The summed E-state index contributed by atoms with van der Waals surface area (Å²) in [5.74, 6) is 0.161. The Balaban J connectivity index is 1.45. The molecule has 0 unspecified atom stereocenters. The van der Waals surface area contributed by atoms with E-state index in [2.05, 4.69) is 17.1 Å². The lowest BCUT2D eigenvalue weighted by Gasteiger charge is -2.43. The second-order valence-electron chi connectivity index (χ2n) is 8.58. The van der Waals surface area contributed by atoms with Crippen LogP contribution in [0, 0.1) is 0 Å². The van der Waals surface area contributed by atoms with Crippen LogP contribution in [0.5, 0.6) is 0 Å². The number of hydrogen-bond acceptors (Lipinski definition) is 4. The Labute approximate surface area is 181 Å². The van der Waals surface area contributed by atoms with Crippen LogP contribution in [0.25, 0.3) is 10.9 Å². The summed E-state index contributed by atoms with van der Waals surface area (Å²) >= 11 is 0. The normalized spacial score (nSPS) is 21.2. The number of fused-ring (bicyclic) bond motifs is 1. The molecule has 3 heterocycles. The highest BCUT2D eigenvalue weighted by Gasteiger charge is 2.45. The molecule has 160 valence electrons. The average Bonchev–Trinajstić information content (AvgIpc) is 2.85. The van der Waals surface area contributed by atoms with Crippen LogP contribution in [0.4, 0.5) is 0 Å². The molecule has 2 aromatic carbocycles. The number of amides is 1. The molecule has 0 spiro atoms. The fraction of sp³-hybridized carbons (Fsp3) is 0.400. The first-order valence-electron chi connectivity index (χ1n) is 11.1. The van der Waals surface area contributed by atoms with Crippen LogP contribution >= 0.6 is 0 Å². The molecule has 2 saturated heterocycles. The van der Waals surface area contributed by atoms with Crippen LogP contribution < -0.4 is 5.56 Å². The van der Waals surface area contributed by atoms with Gasteiger partial charge in [0.2, 0.25) is 5.91 Å². The molecule has 3 aromatic rings. The Hall–Kier alpha value is -2.99. The fourth-order valence-electron chi connectivity index (χ4n) is 5.12. The highest BCUT2D eigenvalue weighted by Crippen LogP contribution is 2.38. The Bertz CT molecular complexity index is 1140. The summed E-state index contributed by atoms with van der Waals surface area (Å²) in [7, 11) is 0. The van der Waals surface area contributed by atoms with Gasteiger partial charge in [-0.05, 0) is 43.4 Å². The minimum absolute atomic E-state index is 0.0336. The van der Waals surface area contributed by atoms with Crippen molar-refractivity contribution in [2.75, 3.05) is 26.3 Å². The predicted octanol–water partition coefficient (Wildman–Crippen LogP) is 3.31. The minimum Gasteiger partial charge on any atom is -0.381 e. The Morgan fingerprint density at radius 3 is 2.58 bits per heavy atom. The summed E-state index contributed by atoms with van der Waals surface area (Å²) in [6.07, 6.45) is 4.76. The molecule has 5 rings (SSSR count). The van der Waals surface area contributed by atoms with Crippen molar-refractivity contribution < 1.29 is 9.53 Å². The van der Waals surface area contributed by atoms with E-state index in [0.717, 1.165) is 24.9 Å². The van der Waals surface area contributed by atoms with E-state index >= 15 is 0 Å². The summed E-state index contributed by atoms with van der Waals surface area (Å²) in [5, 5.41) is 0.624. The molecule has 1 aromatic heterocycles. The van der Waals surface area contributed by atoms with Crippen molar-refractivity contribution in [3.63, 3.8) is 0 Å². The average molecular weight is 418 g/mol.